The first-order valence-corrected chi connectivity index (χ1v) is 8.76. The highest BCUT2D eigenvalue weighted by molar-refractivity contribution is 5.91. The van der Waals surface area contributed by atoms with Crippen LogP contribution < -0.4 is 10.9 Å². The lowest BCUT2D eigenvalue weighted by Gasteiger charge is -2.10. The number of carbonyl (C=O) groups excluding carboxylic acids is 1. The summed E-state index contributed by atoms with van der Waals surface area (Å²) in [6, 6.07) is 2.86. The summed E-state index contributed by atoms with van der Waals surface area (Å²) in [7, 11) is 0. The van der Waals surface area contributed by atoms with E-state index in [9.17, 15) is 9.59 Å². The third-order valence-corrected chi connectivity index (χ3v) is 3.90. The number of rotatable bonds is 10. The van der Waals surface area contributed by atoms with Crippen molar-refractivity contribution in [3.63, 3.8) is 0 Å². The number of aryl methyl sites for hydroxylation is 1. The van der Waals surface area contributed by atoms with E-state index >= 15 is 0 Å². The zero-order valence-electron chi connectivity index (χ0n) is 14.3. The molecule has 1 N–H and O–H groups in total. The van der Waals surface area contributed by atoms with Gasteiger partial charge in [0, 0.05) is 32.4 Å². The highest BCUT2D eigenvalue weighted by atomic mass is 16.5. The fraction of sp³-hybridized carbons (Fsp3) is 0.706. The average Bonchev–Trinajstić information content (AvgIpc) is 3.10. The van der Waals surface area contributed by atoms with Gasteiger partial charge in [-0.2, -0.15) is 5.10 Å². The molecule has 0 saturated carbocycles. The van der Waals surface area contributed by atoms with Crippen LogP contribution in [0.2, 0.25) is 0 Å². The number of unbranched alkanes of at least 4 members (excludes halogenated alkanes) is 1. The van der Waals surface area contributed by atoms with Crippen molar-refractivity contribution in [2.45, 2.75) is 51.7 Å². The molecule has 1 unspecified atom stereocenters. The van der Waals surface area contributed by atoms with Crippen LogP contribution in [0.5, 0.6) is 0 Å². The van der Waals surface area contributed by atoms with Crippen molar-refractivity contribution in [2.24, 2.45) is 0 Å². The van der Waals surface area contributed by atoms with E-state index in [1.807, 2.05) is 6.92 Å². The maximum atomic E-state index is 12.1. The van der Waals surface area contributed by atoms with Gasteiger partial charge in [0.15, 0.2) is 0 Å². The van der Waals surface area contributed by atoms with Gasteiger partial charge < -0.3 is 14.8 Å². The Labute approximate surface area is 142 Å². The van der Waals surface area contributed by atoms with E-state index in [0.29, 0.717) is 26.3 Å². The lowest BCUT2D eigenvalue weighted by atomic mass is 10.2. The molecule has 0 radical (unpaired) electrons. The Bertz CT molecular complexity index is 567. The molecule has 134 valence electrons. The smallest absolute Gasteiger partial charge is 0.271 e. The van der Waals surface area contributed by atoms with Crippen LogP contribution in [-0.4, -0.2) is 48.2 Å². The first-order chi connectivity index (χ1) is 11.7. The minimum atomic E-state index is -0.264. The Morgan fingerprint density at radius 1 is 1.46 bits per heavy atom. The van der Waals surface area contributed by atoms with Crippen molar-refractivity contribution < 1.29 is 14.3 Å². The predicted octanol–water partition coefficient (Wildman–Crippen LogP) is 1.36. The van der Waals surface area contributed by atoms with Crippen molar-refractivity contribution >= 4 is 5.91 Å². The average molecular weight is 337 g/mol. The second-order valence-corrected chi connectivity index (χ2v) is 5.95. The summed E-state index contributed by atoms with van der Waals surface area (Å²) in [4.78, 5) is 23.8. The van der Waals surface area contributed by atoms with Gasteiger partial charge in [0.1, 0.15) is 5.69 Å². The molecule has 1 aliphatic heterocycles. The Hall–Kier alpha value is -1.73. The Morgan fingerprint density at radius 2 is 2.33 bits per heavy atom. The predicted molar refractivity (Wildman–Crippen MR) is 90.1 cm³/mol. The normalized spacial score (nSPS) is 17.1. The molecule has 1 atom stereocenters. The number of nitrogens with zero attached hydrogens (tertiary/aromatic N) is 2. The van der Waals surface area contributed by atoms with Crippen LogP contribution in [0.25, 0.3) is 0 Å². The first kappa shape index (κ1) is 18.6. The first-order valence-electron chi connectivity index (χ1n) is 8.76. The van der Waals surface area contributed by atoms with Crippen LogP contribution in [0.4, 0.5) is 0 Å². The topological polar surface area (TPSA) is 82.5 Å². The molecule has 0 spiro atoms. The van der Waals surface area contributed by atoms with E-state index in [0.717, 1.165) is 38.7 Å². The summed E-state index contributed by atoms with van der Waals surface area (Å²) in [5.41, 5.74) is 0.0912. The van der Waals surface area contributed by atoms with Crippen LogP contribution in [0.1, 0.15) is 49.5 Å². The monoisotopic (exact) mass is 337 g/mol. The molecule has 1 aromatic heterocycles. The summed E-state index contributed by atoms with van der Waals surface area (Å²) in [6.45, 7) is 5.13. The van der Waals surface area contributed by atoms with Gasteiger partial charge in [-0.3, -0.25) is 9.59 Å². The maximum Gasteiger partial charge on any atom is 0.271 e. The van der Waals surface area contributed by atoms with Crippen molar-refractivity contribution in [2.75, 3.05) is 26.4 Å². The van der Waals surface area contributed by atoms with Crippen LogP contribution >= 0.6 is 0 Å². The summed E-state index contributed by atoms with van der Waals surface area (Å²) in [5.74, 6) is -0.264. The summed E-state index contributed by atoms with van der Waals surface area (Å²) < 4.78 is 12.4. The molecule has 1 saturated heterocycles. The van der Waals surface area contributed by atoms with E-state index in [1.165, 1.54) is 16.8 Å². The maximum absolute atomic E-state index is 12.1. The van der Waals surface area contributed by atoms with Crippen molar-refractivity contribution in [3.8, 4) is 0 Å². The number of aromatic nitrogens is 2. The molecule has 0 aliphatic carbocycles. The van der Waals surface area contributed by atoms with Crippen LogP contribution in [0.15, 0.2) is 16.9 Å². The third-order valence-electron chi connectivity index (χ3n) is 3.90. The summed E-state index contributed by atoms with van der Waals surface area (Å²) in [6.07, 6.45) is 4.96. The molecule has 2 rings (SSSR count). The number of carbonyl (C=O) groups is 1. The van der Waals surface area contributed by atoms with Gasteiger partial charge in [-0.05, 0) is 31.7 Å². The van der Waals surface area contributed by atoms with Gasteiger partial charge in [0.2, 0.25) is 0 Å². The second kappa shape index (κ2) is 10.2. The lowest BCUT2D eigenvalue weighted by molar-refractivity contribution is 0.0166. The van der Waals surface area contributed by atoms with Crippen LogP contribution in [-0.2, 0) is 16.0 Å². The SMILES string of the molecule is CCCCn1nc(C(=O)NCCCOCC2CCCO2)ccc1=O. The molecule has 1 aliphatic rings. The molecule has 24 heavy (non-hydrogen) atoms. The molecule has 7 nitrogen and oxygen atoms in total. The van der Waals surface area contributed by atoms with Crippen molar-refractivity contribution in [3.05, 3.63) is 28.2 Å². The van der Waals surface area contributed by atoms with Gasteiger partial charge >= 0.3 is 0 Å². The molecule has 0 aromatic carbocycles. The summed E-state index contributed by atoms with van der Waals surface area (Å²) in [5, 5.41) is 6.92. The third kappa shape index (κ3) is 6.05. The Kier molecular flexibility index (Phi) is 7.91. The van der Waals surface area contributed by atoms with E-state index in [-0.39, 0.29) is 23.3 Å². The van der Waals surface area contributed by atoms with Crippen LogP contribution in [0.3, 0.4) is 0 Å². The molecular formula is C17H27N3O4. The van der Waals surface area contributed by atoms with E-state index in [4.69, 9.17) is 9.47 Å². The van der Waals surface area contributed by atoms with Gasteiger partial charge in [0.05, 0.1) is 12.7 Å². The van der Waals surface area contributed by atoms with Gasteiger partial charge in [0.25, 0.3) is 11.5 Å². The zero-order valence-corrected chi connectivity index (χ0v) is 14.3. The van der Waals surface area contributed by atoms with Gasteiger partial charge in [-0.25, -0.2) is 4.68 Å². The number of nitrogens with one attached hydrogen (secondary N) is 1. The van der Waals surface area contributed by atoms with E-state index < -0.39 is 0 Å². The molecule has 2 heterocycles. The Morgan fingerprint density at radius 3 is 3.08 bits per heavy atom. The molecule has 1 aromatic rings. The lowest BCUT2D eigenvalue weighted by Crippen LogP contribution is -2.30. The number of hydrogen-bond donors (Lipinski definition) is 1. The van der Waals surface area contributed by atoms with E-state index in [2.05, 4.69) is 10.4 Å². The standard InChI is InChI=1S/C17H27N3O4/c1-2-3-10-20-16(21)8-7-15(19-20)17(22)18-9-5-11-23-13-14-6-4-12-24-14/h7-8,14H,2-6,9-13H2,1H3,(H,18,22). The molecular weight excluding hydrogens is 310 g/mol. The molecule has 1 amide bonds. The van der Waals surface area contributed by atoms with E-state index in [1.54, 1.807) is 0 Å². The van der Waals surface area contributed by atoms with Crippen LogP contribution in [0, 0.1) is 0 Å². The largest absolute Gasteiger partial charge is 0.379 e. The fourth-order valence-corrected chi connectivity index (χ4v) is 2.50. The highest BCUT2D eigenvalue weighted by Gasteiger charge is 2.15. The van der Waals surface area contributed by atoms with Gasteiger partial charge in [-0.15, -0.1) is 0 Å². The van der Waals surface area contributed by atoms with Crippen molar-refractivity contribution in [1.29, 1.82) is 0 Å². The quantitative estimate of drug-likeness (QED) is 0.652. The molecule has 1 fully saturated rings. The van der Waals surface area contributed by atoms with Crippen molar-refractivity contribution in [1.82, 2.24) is 15.1 Å². The van der Waals surface area contributed by atoms with Gasteiger partial charge in [-0.1, -0.05) is 13.3 Å². The molecule has 7 heteroatoms. The Balaban J connectivity index is 1.67. The second-order valence-electron chi connectivity index (χ2n) is 5.95. The number of hydrogen-bond acceptors (Lipinski definition) is 5. The molecule has 0 bridgehead atoms. The number of ether oxygens (including phenoxy) is 2. The minimum absolute atomic E-state index is 0.178. The fourth-order valence-electron chi connectivity index (χ4n) is 2.50. The zero-order chi connectivity index (χ0) is 17.2. The minimum Gasteiger partial charge on any atom is -0.379 e. The highest BCUT2D eigenvalue weighted by Crippen LogP contribution is 2.11. The number of amides is 1. The summed E-state index contributed by atoms with van der Waals surface area (Å²) >= 11 is 0.